The van der Waals surface area contributed by atoms with Gasteiger partial charge in [-0.3, -0.25) is 0 Å². The number of fused-ring (bicyclic) bond motifs is 1. The second-order valence-electron chi connectivity index (χ2n) is 7.36. The van der Waals surface area contributed by atoms with Gasteiger partial charge in [-0.2, -0.15) is 0 Å². The minimum atomic E-state index is -1.09. The third-order valence-electron chi connectivity index (χ3n) is 4.90. The second kappa shape index (κ2) is 9.68. The highest BCUT2D eigenvalue weighted by atomic mass is 35.5. The van der Waals surface area contributed by atoms with Crippen LogP contribution in [-0.2, 0) is 11.2 Å². The smallest absolute Gasteiger partial charge is 0.344 e. The van der Waals surface area contributed by atoms with E-state index in [1.807, 2.05) is 6.07 Å². The summed E-state index contributed by atoms with van der Waals surface area (Å²) in [6, 6.07) is 13.8. The van der Waals surface area contributed by atoms with E-state index in [0.29, 0.717) is 39.7 Å². The molecule has 4 rings (SSSR count). The Hall–Kier alpha value is -3.29. The van der Waals surface area contributed by atoms with Crippen molar-refractivity contribution >= 4 is 40.1 Å². The highest BCUT2D eigenvalue weighted by Gasteiger charge is 2.20. The lowest BCUT2D eigenvalue weighted by Gasteiger charge is -2.12. The normalized spacial score (nSPS) is 12.0. The van der Waals surface area contributed by atoms with Crippen LogP contribution in [0, 0.1) is 0 Å². The largest absolute Gasteiger partial charge is 0.479 e. The summed E-state index contributed by atoms with van der Waals surface area (Å²) in [4.78, 5) is 15.9. The van der Waals surface area contributed by atoms with Crippen LogP contribution in [0.5, 0.6) is 17.4 Å². The lowest BCUT2D eigenvalue weighted by Crippen LogP contribution is -2.22. The second-order valence-corrected chi connectivity index (χ2v) is 8.20. The van der Waals surface area contributed by atoms with Gasteiger partial charge >= 0.3 is 5.97 Å². The molecule has 0 amide bonds. The average molecular weight is 487 g/mol. The summed E-state index contributed by atoms with van der Waals surface area (Å²) in [5, 5.41) is 14.9. The Bertz CT molecular complexity index is 1300. The Kier molecular flexibility index (Phi) is 6.72. The van der Waals surface area contributed by atoms with E-state index >= 15 is 0 Å². The van der Waals surface area contributed by atoms with Gasteiger partial charge in [-0.15, -0.1) is 0 Å². The monoisotopic (exact) mass is 486 g/mol. The molecule has 0 unspecified atom stereocenters. The minimum absolute atomic E-state index is 0.233. The van der Waals surface area contributed by atoms with Gasteiger partial charge in [-0.25, -0.2) is 9.78 Å². The number of rotatable bonds is 8. The topological polar surface area (TPSA) is 94.7 Å². The van der Waals surface area contributed by atoms with Crippen LogP contribution in [-0.4, -0.2) is 27.3 Å². The van der Waals surface area contributed by atoms with Crippen molar-refractivity contribution in [3.8, 4) is 28.6 Å². The molecule has 1 atom stereocenters. The molecule has 0 aliphatic heterocycles. The van der Waals surface area contributed by atoms with Crippen molar-refractivity contribution in [2.75, 3.05) is 0 Å². The van der Waals surface area contributed by atoms with E-state index < -0.39 is 12.1 Å². The quantitative estimate of drug-likeness (QED) is 0.292. The number of ether oxygens (including phenoxy) is 2. The molecule has 9 heteroatoms. The number of pyridine rings is 1. The molecule has 2 aromatic carbocycles. The van der Waals surface area contributed by atoms with Crippen molar-refractivity contribution in [2.24, 2.45) is 0 Å². The highest BCUT2D eigenvalue weighted by molar-refractivity contribution is 6.33. The van der Waals surface area contributed by atoms with Gasteiger partial charge in [0.05, 0.1) is 16.1 Å². The first-order valence-corrected chi connectivity index (χ1v) is 11.0. The van der Waals surface area contributed by atoms with Crippen LogP contribution in [0.25, 0.3) is 22.2 Å². The predicted octanol–water partition coefficient (Wildman–Crippen LogP) is 6.79. The lowest BCUT2D eigenvalue weighted by molar-refractivity contribution is -0.144. The number of carboxylic acid groups (broad SMARTS) is 1. The van der Waals surface area contributed by atoms with Crippen LogP contribution >= 0.6 is 23.2 Å². The van der Waals surface area contributed by atoms with Crippen LogP contribution in [0.2, 0.25) is 10.0 Å². The maximum Gasteiger partial charge on any atom is 0.344 e. The van der Waals surface area contributed by atoms with Gasteiger partial charge in [0.1, 0.15) is 17.2 Å². The van der Waals surface area contributed by atoms with Crippen molar-refractivity contribution < 1.29 is 23.9 Å². The molecule has 0 fully saturated rings. The maximum absolute atomic E-state index is 11.2. The predicted molar refractivity (Wildman–Crippen MR) is 125 cm³/mol. The summed E-state index contributed by atoms with van der Waals surface area (Å²) in [6.07, 6.45) is 0.482. The zero-order valence-corrected chi connectivity index (χ0v) is 19.4. The van der Waals surface area contributed by atoms with Crippen LogP contribution in [0.4, 0.5) is 0 Å². The number of hydrogen-bond acceptors (Lipinski definition) is 6. The number of aliphatic carboxylic acids is 1. The van der Waals surface area contributed by atoms with Crippen molar-refractivity contribution in [3.05, 3.63) is 64.3 Å². The van der Waals surface area contributed by atoms with Crippen molar-refractivity contribution in [1.29, 1.82) is 0 Å². The summed E-state index contributed by atoms with van der Waals surface area (Å²) >= 11 is 12.2. The first kappa shape index (κ1) is 22.9. The Morgan fingerprint density at radius 2 is 1.91 bits per heavy atom. The molecular formula is C24H20Cl2N2O5. The molecule has 0 bridgehead atoms. The average Bonchev–Trinajstić information content (AvgIpc) is 3.18. The minimum Gasteiger partial charge on any atom is -0.479 e. The zero-order chi connectivity index (χ0) is 23.5. The molecule has 2 aromatic heterocycles. The molecule has 0 radical (unpaired) electrons. The fraction of sp³-hybridized carbons (Fsp3) is 0.208. The van der Waals surface area contributed by atoms with Crippen LogP contribution in [0.3, 0.4) is 0 Å². The van der Waals surface area contributed by atoms with Gasteiger partial charge in [-0.05, 0) is 49.7 Å². The molecule has 0 saturated carbocycles. The van der Waals surface area contributed by atoms with Crippen LogP contribution in [0.1, 0.15) is 26.0 Å². The molecule has 33 heavy (non-hydrogen) atoms. The molecule has 0 saturated heterocycles. The number of nitrogens with zero attached hydrogens (tertiary/aromatic N) is 2. The van der Waals surface area contributed by atoms with E-state index in [9.17, 15) is 4.79 Å². The standard InChI is InChI=1S/C24H20Cl2N2O5/c1-3-4-19-16(9-10-22(27-19)32-15-7-5-14(25)6-8-15)23-17-11-21(31-13(2)24(29)30)18(26)12-20(17)33-28-23/h5-13H,3-4H2,1-2H3,(H,29,30)/t13-/m0/s1. The van der Waals surface area contributed by atoms with E-state index in [1.54, 1.807) is 42.5 Å². The van der Waals surface area contributed by atoms with Crippen LogP contribution < -0.4 is 9.47 Å². The Balaban J connectivity index is 1.73. The van der Waals surface area contributed by atoms with Gasteiger partial charge in [0.25, 0.3) is 0 Å². The molecule has 2 heterocycles. The van der Waals surface area contributed by atoms with E-state index in [0.717, 1.165) is 17.7 Å². The molecule has 4 aromatic rings. The number of aryl methyl sites for hydroxylation is 1. The molecule has 170 valence electrons. The summed E-state index contributed by atoms with van der Waals surface area (Å²) in [6.45, 7) is 3.48. The van der Waals surface area contributed by atoms with E-state index in [-0.39, 0.29) is 10.8 Å². The number of benzene rings is 2. The van der Waals surface area contributed by atoms with Gasteiger partial charge in [0.15, 0.2) is 11.7 Å². The Morgan fingerprint density at radius 1 is 1.15 bits per heavy atom. The fourth-order valence-electron chi connectivity index (χ4n) is 3.27. The number of aromatic nitrogens is 2. The first-order valence-electron chi connectivity index (χ1n) is 10.3. The van der Waals surface area contributed by atoms with Crippen LogP contribution in [0.15, 0.2) is 53.1 Å². The SMILES string of the molecule is CCCc1nc(Oc2ccc(Cl)cc2)ccc1-c1noc2cc(Cl)c(O[C@@H](C)C(=O)O)cc12. The summed E-state index contributed by atoms with van der Waals surface area (Å²) in [5.41, 5.74) is 2.58. The van der Waals surface area contributed by atoms with E-state index in [1.165, 1.54) is 6.92 Å². The number of hydrogen-bond donors (Lipinski definition) is 1. The lowest BCUT2D eigenvalue weighted by atomic mass is 10.0. The zero-order valence-electron chi connectivity index (χ0n) is 17.8. The van der Waals surface area contributed by atoms with Gasteiger partial charge in [-0.1, -0.05) is 41.7 Å². The van der Waals surface area contributed by atoms with E-state index in [4.69, 9.17) is 42.3 Å². The third-order valence-corrected chi connectivity index (χ3v) is 5.45. The first-order chi connectivity index (χ1) is 15.9. The van der Waals surface area contributed by atoms with Gasteiger partial charge in [0.2, 0.25) is 5.88 Å². The van der Waals surface area contributed by atoms with Crippen molar-refractivity contribution in [1.82, 2.24) is 10.1 Å². The highest BCUT2D eigenvalue weighted by Crippen LogP contribution is 2.37. The molecule has 0 aliphatic rings. The molecule has 0 aliphatic carbocycles. The molecule has 1 N–H and O–H groups in total. The number of halogens is 2. The maximum atomic E-state index is 11.2. The van der Waals surface area contributed by atoms with Crippen molar-refractivity contribution in [2.45, 2.75) is 32.8 Å². The molecule has 0 spiro atoms. The molecular weight excluding hydrogens is 467 g/mol. The summed E-state index contributed by atoms with van der Waals surface area (Å²) in [7, 11) is 0. The van der Waals surface area contributed by atoms with Gasteiger partial charge < -0.3 is 19.1 Å². The number of carboxylic acids is 1. The summed E-state index contributed by atoms with van der Waals surface area (Å²) < 4.78 is 16.9. The Labute approximate surface area is 199 Å². The van der Waals surface area contributed by atoms with E-state index in [2.05, 4.69) is 17.1 Å². The summed E-state index contributed by atoms with van der Waals surface area (Å²) in [5.74, 6) is 0.205. The fourth-order valence-corrected chi connectivity index (χ4v) is 3.59. The van der Waals surface area contributed by atoms with Crippen molar-refractivity contribution in [3.63, 3.8) is 0 Å². The molecule has 7 nitrogen and oxygen atoms in total. The third kappa shape index (κ3) is 5.05. The van der Waals surface area contributed by atoms with Gasteiger partial charge in [0, 0.05) is 22.7 Å². The Morgan fingerprint density at radius 3 is 2.61 bits per heavy atom. The number of carbonyl (C=O) groups is 1.